The Hall–Kier alpha value is -0.420. The molecule has 0 saturated heterocycles. The maximum Gasteiger partial charge on any atom is 0.123 e. The molecule has 0 heterocycles. The third-order valence-electron chi connectivity index (χ3n) is 0.870. The minimum atomic E-state index is -0.184. The number of benzene rings is 1. The van der Waals surface area contributed by atoms with Crippen LogP contribution in [0.3, 0.4) is 0 Å². The average Bonchev–Trinajstić information content (AvgIpc) is 1.77. The molecule has 42 valence electrons. The van der Waals surface area contributed by atoms with Crippen molar-refractivity contribution in [2.75, 3.05) is 0 Å². The first-order valence-electron chi connectivity index (χ1n) is 2.30. The van der Waals surface area contributed by atoms with Gasteiger partial charge in [-0.05, 0) is 17.4 Å². The average molecular weight is 128 g/mol. The molecule has 1 unspecified atom stereocenters. The van der Waals surface area contributed by atoms with E-state index in [1.807, 2.05) is 0 Å². The SMILES string of the molecule is Fc1ccc(P)cc1. The minimum absolute atomic E-state index is 0.184. The van der Waals surface area contributed by atoms with Crippen molar-refractivity contribution in [3.05, 3.63) is 30.1 Å². The lowest BCUT2D eigenvalue weighted by atomic mass is 10.4. The van der Waals surface area contributed by atoms with Gasteiger partial charge in [-0.2, -0.15) is 0 Å². The number of hydrogen-bond acceptors (Lipinski definition) is 0. The van der Waals surface area contributed by atoms with Gasteiger partial charge in [0.25, 0.3) is 0 Å². The first-order valence-corrected chi connectivity index (χ1v) is 2.88. The number of rotatable bonds is 0. The third kappa shape index (κ3) is 1.28. The molecule has 0 nitrogen and oxygen atoms in total. The Balaban J connectivity index is 3.03. The second-order valence-electron chi connectivity index (χ2n) is 1.55. The number of hydrogen-bond donors (Lipinski definition) is 0. The lowest BCUT2D eigenvalue weighted by Gasteiger charge is -1.86. The molecular formula is C6H6FP. The van der Waals surface area contributed by atoms with Crippen molar-refractivity contribution in [1.82, 2.24) is 0 Å². The third-order valence-corrected chi connectivity index (χ3v) is 1.25. The van der Waals surface area contributed by atoms with Crippen LogP contribution in [-0.2, 0) is 0 Å². The molecule has 0 N–H and O–H groups in total. The molecule has 0 aliphatic heterocycles. The molecule has 0 fully saturated rings. The predicted molar refractivity (Wildman–Crippen MR) is 35.7 cm³/mol. The summed E-state index contributed by atoms with van der Waals surface area (Å²) in [5, 5.41) is 1.01. The molecular weight excluding hydrogens is 122 g/mol. The molecule has 1 aromatic carbocycles. The molecule has 0 amide bonds. The van der Waals surface area contributed by atoms with Gasteiger partial charge in [-0.3, -0.25) is 0 Å². The molecule has 0 radical (unpaired) electrons. The van der Waals surface area contributed by atoms with E-state index in [1.54, 1.807) is 12.1 Å². The Morgan fingerprint density at radius 3 is 2.00 bits per heavy atom. The van der Waals surface area contributed by atoms with E-state index in [4.69, 9.17) is 0 Å². The summed E-state index contributed by atoms with van der Waals surface area (Å²) in [6.07, 6.45) is 0. The molecule has 0 bridgehead atoms. The van der Waals surface area contributed by atoms with Gasteiger partial charge < -0.3 is 0 Å². The minimum Gasteiger partial charge on any atom is -0.207 e. The van der Waals surface area contributed by atoms with Crippen molar-refractivity contribution in [2.45, 2.75) is 0 Å². The van der Waals surface area contributed by atoms with Crippen LogP contribution in [-0.4, -0.2) is 0 Å². The van der Waals surface area contributed by atoms with Crippen LogP contribution in [0.4, 0.5) is 4.39 Å². The molecule has 1 rings (SSSR count). The summed E-state index contributed by atoms with van der Waals surface area (Å²) in [6.45, 7) is 0. The molecule has 0 spiro atoms. The summed E-state index contributed by atoms with van der Waals surface area (Å²) in [6, 6.07) is 6.28. The van der Waals surface area contributed by atoms with Crippen LogP contribution in [0.2, 0.25) is 0 Å². The summed E-state index contributed by atoms with van der Waals surface area (Å²) >= 11 is 0. The molecule has 1 aromatic rings. The van der Waals surface area contributed by atoms with Gasteiger partial charge in [0, 0.05) is 0 Å². The van der Waals surface area contributed by atoms with Crippen LogP contribution in [0.15, 0.2) is 24.3 Å². The summed E-state index contributed by atoms with van der Waals surface area (Å²) in [4.78, 5) is 0. The van der Waals surface area contributed by atoms with Gasteiger partial charge in [-0.1, -0.05) is 12.1 Å². The molecule has 0 saturated carbocycles. The predicted octanol–water partition coefficient (Wildman–Crippen LogP) is 1.33. The topological polar surface area (TPSA) is 0 Å². The van der Waals surface area contributed by atoms with E-state index in [0.29, 0.717) is 0 Å². The maximum absolute atomic E-state index is 12.1. The first kappa shape index (κ1) is 5.71. The highest BCUT2D eigenvalue weighted by molar-refractivity contribution is 7.27. The lowest BCUT2D eigenvalue weighted by molar-refractivity contribution is 0.628. The van der Waals surface area contributed by atoms with Gasteiger partial charge >= 0.3 is 0 Å². The Labute approximate surface area is 49.9 Å². The van der Waals surface area contributed by atoms with Crippen molar-refractivity contribution in [2.24, 2.45) is 0 Å². The standard InChI is InChI=1S/C6H6FP/c7-5-1-3-6(8)4-2-5/h1-4H,8H2. The van der Waals surface area contributed by atoms with Crippen LogP contribution in [0.5, 0.6) is 0 Å². The van der Waals surface area contributed by atoms with Gasteiger partial charge in [-0.15, -0.1) is 9.24 Å². The molecule has 1 atom stereocenters. The van der Waals surface area contributed by atoms with Crippen LogP contribution >= 0.6 is 9.24 Å². The maximum atomic E-state index is 12.1. The molecule has 0 aromatic heterocycles. The monoisotopic (exact) mass is 128 g/mol. The van der Waals surface area contributed by atoms with Crippen molar-refractivity contribution in [1.29, 1.82) is 0 Å². The zero-order chi connectivity index (χ0) is 5.98. The highest BCUT2D eigenvalue weighted by Gasteiger charge is 1.83. The van der Waals surface area contributed by atoms with Gasteiger partial charge in [0.2, 0.25) is 0 Å². The number of halogens is 1. The normalized spacial score (nSPS) is 9.25. The fourth-order valence-electron chi connectivity index (χ4n) is 0.463. The lowest BCUT2D eigenvalue weighted by Crippen LogP contribution is -1.86. The first-order chi connectivity index (χ1) is 3.79. The van der Waals surface area contributed by atoms with Crippen LogP contribution in [0.25, 0.3) is 0 Å². The summed E-state index contributed by atoms with van der Waals surface area (Å²) in [7, 11) is 2.48. The molecule has 0 aliphatic carbocycles. The van der Waals surface area contributed by atoms with E-state index in [0.717, 1.165) is 5.30 Å². The van der Waals surface area contributed by atoms with Gasteiger partial charge in [0.1, 0.15) is 5.82 Å². The fraction of sp³-hybridized carbons (Fsp3) is 0. The highest BCUT2D eigenvalue weighted by atomic mass is 31.0. The fourth-order valence-corrected chi connectivity index (χ4v) is 0.655. The summed E-state index contributed by atoms with van der Waals surface area (Å²) < 4.78 is 12.1. The zero-order valence-corrected chi connectivity index (χ0v) is 5.42. The molecule has 8 heavy (non-hydrogen) atoms. The van der Waals surface area contributed by atoms with Crippen LogP contribution in [0, 0.1) is 5.82 Å². The zero-order valence-electron chi connectivity index (χ0n) is 4.26. The Bertz CT molecular complexity index is 147. The summed E-state index contributed by atoms with van der Waals surface area (Å²) in [5.41, 5.74) is 0. The highest BCUT2D eigenvalue weighted by Crippen LogP contribution is 1.94. The summed E-state index contributed by atoms with van der Waals surface area (Å²) in [5.74, 6) is -0.184. The van der Waals surface area contributed by atoms with E-state index in [-0.39, 0.29) is 5.82 Å². The molecule has 0 aliphatic rings. The van der Waals surface area contributed by atoms with Crippen LogP contribution in [0.1, 0.15) is 0 Å². The Kier molecular flexibility index (Phi) is 1.59. The van der Waals surface area contributed by atoms with Crippen LogP contribution < -0.4 is 5.30 Å². The van der Waals surface area contributed by atoms with Crippen molar-refractivity contribution >= 4 is 14.5 Å². The van der Waals surface area contributed by atoms with E-state index >= 15 is 0 Å². The van der Waals surface area contributed by atoms with E-state index < -0.39 is 0 Å². The Morgan fingerprint density at radius 2 is 1.62 bits per heavy atom. The largest absolute Gasteiger partial charge is 0.207 e. The molecule has 2 heteroatoms. The van der Waals surface area contributed by atoms with Crippen molar-refractivity contribution in [3.8, 4) is 0 Å². The van der Waals surface area contributed by atoms with Gasteiger partial charge in [-0.25, -0.2) is 4.39 Å². The van der Waals surface area contributed by atoms with Gasteiger partial charge in [0.15, 0.2) is 0 Å². The quantitative estimate of drug-likeness (QED) is 0.462. The second kappa shape index (κ2) is 2.23. The Morgan fingerprint density at radius 1 is 1.12 bits per heavy atom. The van der Waals surface area contributed by atoms with Crippen molar-refractivity contribution in [3.63, 3.8) is 0 Å². The smallest absolute Gasteiger partial charge is 0.123 e. The second-order valence-corrected chi connectivity index (χ2v) is 2.22. The van der Waals surface area contributed by atoms with E-state index in [9.17, 15) is 4.39 Å². The van der Waals surface area contributed by atoms with E-state index in [2.05, 4.69) is 9.24 Å². The van der Waals surface area contributed by atoms with Crippen molar-refractivity contribution < 1.29 is 4.39 Å². The van der Waals surface area contributed by atoms with Gasteiger partial charge in [0.05, 0.1) is 0 Å². The van der Waals surface area contributed by atoms with E-state index in [1.165, 1.54) is 12.1 Å².